The maximum absolute atomic E-state index is 12.6. The fourth-order valence-corrected chi connectivity index (χ4v) is 4.14. The highest BCUT2D eigenvalue weighted by Gasteiger charge is 2.51. The van der Waals surface area contributed by atoms with Crippen molar-refractivity contribution in [3.63, 3.8) is 0 Å². The van der Waals surface area contributed by atoms with Crippen LogP contribution in [0.25, 0.3) is 0 Å². The molecule has 0 aliphatic carbocycles. The molecule has 4 rings (SSSR count). The maximum Gasteiger partial charge on any atom is 0.338 e. The van der Waals surface area contributed by atoms with E-state index in [9.17, 15) is 9.59 Å². The molecule has 2 aliphatic heterocycles. The molecular formula is C27H32O7. The zero-order chi connectivity index (χ0) is 23.9. The Morgan fingerprint density at radius 1 is 0.794 bits per heavy atom. The summed E-state index contributed by atoms with van der Waals surface area (Å²) in [5.74, 6) is -0.145. The van der Waals surface area contributed by atoms with Gasteiger partial charge in [0.25, 0.3) is 0 Å². The van der Waals surface area contributed by atoms with Gasteiger partial charge in [0.2, 0.25) is 0 Å². The SMILES string of the molecule is CCCCCCOc1ccc(C(=O)OC2COC3C(OC(=O)c4ccc(C)cc4)COC23)cc1. The van der Waals surface area contributed by atoms with Crippen LogP contribution in [0.15, 0.2) is 48.5 Å². The first kappa shape index (κ1) is 24.2. The first-order chi connectivity index (χ1) is 16.5. The molecule has 2 aliphatic rings. The average molecular weight is 469 g/mol. The van der Waals surface area contributed by atoms with Gasteiger partial charge in [0.05, 0.1) is 30.9 Å². The molecule has 7 nitrogen and oxygen atoms in total. The lowest BCUT2D eigenvalue weighted by Crippen LogP contribution is -2.36. The Kier molecular flexibility index (Phi) is 8.19. The third kappa shape index (κ3) is 5.96. The summed E-state index contributed by atoms with van der Waals surface area (Å²) in [7, 11) is 0. The van der Waals surface area contributed by atoms with Crippen molar-refractivity contribution < 1.29 is 33.3 Å². The molecule has 34 heavy (non-hydrogen) atoms. The van der Waals surface area contributed by atoms with Gasteiger partial charge in [-0.15, -0.1) is 0 Å². The Bertz CT molecular complexity index is 954. The number of hydrogen-bond donors (Lipinski definition) is 0. The van der Waals surface area contributed by atoms with Crippen molar-refractivity contribution in [2.45, 2.75) is 63.9 Å². The van der Waals surface area contributed by atoms with Gasteiger partial charge in [-0.25, -0.2) is 9.59 Å². The van der Waals surface area contributed by atoms with Gasteiger partial charge in [0.1, 0.15) is 18.0 Å². The van der Waals surface area contributed by atoms with Crippen LogP contribution in [0.2, 0.25) is 0 Å². The van der Waals surface area contributed by atoms with Gasteiger partial charge in [0.15, 0.2) is 12.2 Å². The lowest BCUT2D eigenvalue weighted by molar-refractivity contribution is -0.0287. The van der Waals surface area contributed by atoms with Crippen molar-refractivity contribution in [1.82, 2.24) is 0 Å². The van der Waals surface area contributed by atoms with Crippen molar-refractivity contribution in [3.8, 4) is 5.75 Å². The topological polar surface area (TPSA) is 80.3 Å². The van der Waals surface area contributed by atoms with Gasteiger partial charge in [-0.2, -0.15) is 0 Å². The molecule has 2 aromatic rings. The number of carbonyl (C=O) groups excluding carboxylic acids is 2. The largest absolute Gasteiger partial charge is 0.494 e. The molecule has 0 spiro atoms. The van der Waals surface area contributed by atoms with Crippen LogP contribution in [-0.4, -0.2) is 56.2 Å². The minimum atomic E-state index is -0.560. The molecule has 0 aromatic heterocycles. The van der Waals surface area contributed by atoms with E-state index in [1.54, 1.807) is 36.4 Å². The van der Waals surface area contributed by atoms with Crippen molar-refractivity contribution >= 4 is 11.9 Å². The van der Waals surface area contributed by atoms with E-state index in [-0.39, 0.29) is 13.2 Å². The molecule has 7 heteroatoms. The van der Waals surface area contributed by atoms with E-state index in [2.05, 4.69) is 6.92 Å². The summed E-state index contributed by atoms with van der Waals surface area (Å²) in [6.45, 7) is 5.19. The zero-order valence-electron chi connectivity index (χ0n) is 19.7. The molecule has 0 bridgehead atoms. The van der Waals surface area contributed by atoms with Crippen molar-refractivity contribution in [2.75, 3.05) is 19.8 Å². The quantitative estimate of drug-likeness (QED) is 0.375. The standard InChI is InChI=1S/C27H32O7/c1-3-4-5-6-15-30-21-13-11-20(12-14-21)27(29)34-23-17-32-24-22(16-31-25(23)24)33-26(28)19-9-7-18(2)8-10-19/h7-14,22-25H,3-6,15-17H2,1-2H3. The summed E-state index contributed by atoms with van der Waals surface area (Å²) in [6, 6.07) is 14.1. The Balaban J connectivity index is 1.25. The van der Waals surface area contributed by atoms with Crippen LogP contribution >= 0.6 is 0 Å². The molecule has 2 heterocycles. The van der Waals surface area contributed by atoms with E-state index < -0.39 is 36.4 Å². The second kappa shape index (κ2) is 11.5. The summed E-state index contributed by atoms with van der Waals surface area (Å²) in [5, 5.41) is 0. The predicted octanol–water partition coefficient (Wildman–Crippen LogP) is 4.50. The summed E-state index contributed by atoms with van der Waals surface area (Å²) in [4.78, 5) is 25.1. The smallest absolute Gasteiger partial charge is 0.338 e. The van der Waals surface area contributed by atoms with Gasteiger partial charge in [-0.3, -0.25) is 0 Å². The van der Waals surface area contributed by atoms with E-state index in [1.807, 2.05) is 19.1 Å². The number of rotatable bonds is 10. The summed E-state index contributed by atoms with van der Waals surface area (Å²) in [6.07, 6.45) is 2.53. The fourth-order valence-electron chi connectivity index (χ4n) is 4.14. The summed E-state index contributed by atoms with van der Waals surface area (Å²) >= 11 is 0. The first-order valence-corrected chi connectivity index (χ1v) is 12.0. The number of benzene rings is 2. The minimum Gasteiger partial charge on any atom is -0.494 e. The molecular weight excluding hydrogens is 436 g/mol. The highest BCUT2D eigenvalue weighted by atomic mass is 16.7. The summed E-state index contributed by atoms with van der Waals surface area (Å²) < 4.78 is 28.6. The van der Waals surface area contributed by atoms with Crippen LogP contribution in [-0.2, 0) is 18.9 Å². The number of hydrogen-bond acceptors (Lipinski definition) is 7. The Labute approximate surface area is 200 Å². The normalized spacial score (nSPS) is 23.4. The van der Waals surface area contributed by atoms with Crippen LogP contribution in [0.4, 0.5) is 0 Å². The van der Waals surface area contributed by atoms with Crippen LogP contribution < -0.4 is 4.74 Å². The number of unbranched alkanes of at least 4 members (excludes halogenated alkanes) is 3. The molecule has 4 atom stereocenters. The molecule has 2 fully saturated rings. The minimum absolute atomic E-state index is 0.193. The lowest BCUT2D eigenvalue weighted by Gasteiger charge is -2.17. The third-order valence-corrected chi connectivity index (χ3v) is 6.12. The number of esters is 2. The van der Waals surface area contributed by atoms with Crippen molar-refractivity contribution in [3.05, 3.63) is 65.2 Å². The van der Waals surface area contributed by atoms with E-state index in [1.165, 1.54) is 12.8 Å². The number of ether oxygens (including phenoxy) is 5. The number of fused-ring (bicyclic) bond motifs is 1. The molecule has 2 aromatic carbocycles. The molecule has 0 N–H and O–H groups in total. The Morgan fingerprint density at radius 2 is 1.32 bits per heavy atom. The molecule has 0 amide bonds. The predicted molar refractivity (Wildman–Crippen MR) is 125 cm³/mol. The maximum atomic E-state index is 12.6. The van der Waals surface area contributed by atoms with E-state index in [0.717, 1.165) is 24.2 Å². The monoisotopic (exact) mass is 468 g/mol. The van der Waals surface area contributed by atoms with E-state index >= 15 is 0 Å². The van der Waals surface area contributed by atoms with Crippen molar-refractivity contribution in [1.29, 1.82) is 0 Å². The van der Waals surface area contributed by atoms with Gasteiger partial charge < -0.3 is 23.7 Å². The van der Waals surface area contributed by atoms with Crippen LogP contribution in [0.3, 0.4) is 0 Å². The summed E-state index contributed by atoms with van der Waals surface area (Å²) in [5.41, 5.74) is 1.97. The van der Waals surface area contributed by atoms with Crippen LogP contribution in [0.1, 0.15) is 58.9 Å². The van der Waals surface area contributed by atoms with E-state index in [4.69, 9.17) is 23.7 Å². The molecule has 2 saturated heterocycles. The number of carbonyl (C=O) groups is 2. The average Bonchev–Trinajstić information content (AvgIpc) is 3.43. The highest BCUT2D eigenvalue weighted by molar-refractivity contribution is 5.90. The zero-order valence-corrected chi connectivity index (χ0v) is 19.7. The molecule has 0 saturated carbocycles. The van der Waals surface area contributed by atoms with Crippen LogP contribution in [0, 0.1) is 6.92 Å². The van der Waals surface area contributed by atoms with E-state index in [0.29, 0.717) is 17.7 Å². The lowest BCUT2D eigenvalue weighted by atomic mass is 10.1. The second-order valence-electron chi connectivity index (χ2n) is 8.78. The highest BCUT2D eigenvalue weighted by Crippen LogP contribution is 2.31. The molecule has 182 valence electrons. The molecule has 4 unspecified atom stereocenters. The van der Waals surface area contributed by atoms with Gasteiger partial charge >= 0.3 is 11.9 Å². The Hall–Kier alpha value is -2.90. The van der Waals surface area contributed by atoms with Crippen LogP contribution in [0.5, 0.6) is 5.75 Å². The fraction of sp³-hybridized carbons (Fsp3) is 0.481. The van der Waals surface area contributed by atoms with Gasteiger partial charge in [-0.05, 0) is 49.7 Å². The van der Waals surface area contributed by atoms with Gasteiger partial charge in [0, 0.05) is 0 Å². The second-order valence-corrected chi connectivity index (χ2v) is 8.78. The van der Waals surface area contributed by atoms with Gasteiger partial charge in [-0.1, -0.05) is 43.9 Å². The first-order valence-electron chi connectivity index (χ1n) is 12.0. The molecule has 0 radical (unpaired) electrons. The third-order valence-electron chi connectivity index (χ3n) is 6.12. The Morgan fingerprint density at radius 3 is 1.85 bits per heavy atom. The number of aryl methyl sites for hydroxylation is 1. The van der Waals surface area contributed by atoms with Crippen molar-refractivity contribution in [2.24, 2.45) is 0 Å².